The molecule has 0 fully saturated rings. The van der Waals surface area contributed by atoms with Gasteiger partial charge >= 0.3 is 0 Å². The molecule has 0 saturated heterocycles. The van der Waals surface area contributed by atoms with E-state index in [-0.39, 0.29) is 11.9 Å². The van der Waals surface area contributed by atoms with Gasteiger partial charge in [0.1, 0.15) is 0 Å². The summed E-state index contributed by atoms with van der Waals surface area (Å²) in [7, 11) is 1.69. The lowest BCUT2D eigenvalue weighted by molar-refractivity contribution is 0.0935. The molecule has 0 aliphatic rings. The summed E-state index contributed by atoms with van der Waals surface area (Å²) in [6, 6.07) is 13.4. The maximum absolute atomic E-state index is 13.3. The van der Waals surface area contributed by atoms with E-state index in [1.54, 1.807) is 18.9 Å². The number of rotatable bonds is 9. The lowest BCUT2D eigenvalue weighted by atomic mass is 10.1. The summed E-state index contributed by atoms with van der Waals surface area (Å²) in [4.78, 5) is 13.3. The van der Waals surface area contributed by atoms with Crippen molar-refractivity contribution in [2.75, 3.05) is 25.7 Å². The zero-order valence-corrected chi connectivity index (χ0v) is 17.9. The number of nitrogens with one attached hydrogen (secondary N) is 1. The first kappa shape index (κ1) is 20.4. The smallest absolute Gasteiger partial charge is 0.252 e. The Morgan fingerprint density at radius 3 is 2.90 bits per heavy atom. The van der Waals surface area contributed by atoms with Gasteiger partial charge in [0.15, 0.2) is 11.5 Å². The van der Waals surface area contributed by atoms with Crippen LogP contribution in [0.25, 0.3) is 16.6 Å². The van der Waals surface area contributed by atoms with Crippen LogP contribution >= 0.6 is 11.8 Å². The Labute approximate surface area is 179 Å². The molecule has 1 N–H and O–H groups in total. The molecule has 1 atom stereocenters. The quantitative estimate of drug-likeness (QED) is 0.446. The molecule has 0 unspecified atom stereocenters. The maximum atomic E-state index is 13.3. The van der Waals surface area contributed by atoms with Gasteiger partial charge in [0.2, 0.25) is 0 Å². The van der Waals surface area contributed by atoms with Gasteiger partial charge in [-0.25, -0.2) is 0 Å². The van der Waals surface area contributed by atoms with E-state index in [0.29, 0.717) is 12.2 Å². The molecular weight excluding hydrogens is 398 g/mol. The second-order valence-corrected chi connectivity index (χ2v) is 8.02. The Hall–Kier alpha value is -2.84. The fourth-order valence-electron chi connectivity index (χ4n) is 3.64. The summed E-state index contributed by atoms with van der Waals surface area (Å²) in [5.74, 6) is 1.55. The van der Waals surface area contributed by atoms with Crippen molar-refractivity contribution in [2.24, 2.45) is 0 Å². The minimum absolute atomic E-state index is 0.108. The third kappa shape index (κ3) is 4.06. The lowest BCUT2D eigenvalue weighted by Gasteiger charge is -2.17. The first-order chi connectivity index (χ1) is 14.7. The number of hydrogen-bond acceptors (Lipinski definition) is 5. The highest BCUT2D eigenvalue weighted by atomic mass is 32.2. The number of thioether (sulfide) groups is 1. The predicted molar refractivity (Wildman–Crippen MR) is 120 cm³/mol. The Morgan fingerprint density at radius 1 is 1.17 bits per heavy atom. The second-order valence-electron chi connectivity index (χ2n) is 7.03. The lowest BCUT2D eigenvalue weighted by Crippen LogP contribution is -2.30. The van der Waals surface area contributed by atoms with Crippen LogP contribution in [0.15, 0.2) is 54.9 Å². The van der Waals surface area contributed by atoms with Crippen molar-refractivity contribution < 1.29 is 9.53 Å². The van der Waals surface area contributed by atoms with Gasteiger partial charge in [-0.2, -0.15) is 11.8 Å². The van der Waals surface area contributed by atoms with Gasteiger partial charge in [-0.05, 0) is 48.8 Å². The van der Waals surface area contributed by atoms with Crippen LogP contribution in [0.1, 0.15) is 28.6 Å². The molecule has 0 radical (unpaired) electrons. The number of nitrogens with zero attached hydrogens (tertiary/aromatic N) is 4. The molecule has 4 aromatic rings. The van der Waals surface area contributed by atoms with Crippen LogP contribution in [-0.2, 0) is 11.3 Å². The number of pyridine rings is 1. The SMILES string of the molecule is COCCn1ccc2c(C(=O)N[C@@H](CCSC)c3nnc4ccccn34)cccc21. The summed E-state index contributed by atoms with van der Waals surface area (Å²) in [5.41, 5.74) is 2.45. The van der Waals surface area contributed by atoms with E-state index in [0.717, 1.165) is 41.1 Å². The van der Waals surface area contributed by atoms with Crippen molar-refractivity contribution in [3.8, 4) is 0 Å². The Kier molecular flexibility index (Phi) is 6.35. The van der Waals surface area contributed by atoms with Crippen LogP contribution < -0.4 is 5.32 Å². The van der Waals surface area contributed by atoms with Gasteiger partial charge in [0.05, 0.1) is 12.6 Å². The van der Waals surface area contributed by atoms with Gasteiger partial charge in [0, 0.05) is 42.5 Å². The fourth-order valence-corrected chi connectivity index (χ4v) is 4.11. The van der Waals surface area contributed by atoms with Crippen LogP contribution in [-0.4, -0.2) is 50.8 Å². The molecule has 1 aromatic carbocycles. The third-order valence-corrected chi connectivity index (χ3v) is 5.81. The minimum atomic E-state index is -0.229. The molecule has 7 nitrogen and oxygen atoms in total. The van der Waals surface area contributed by atoms with Crippen LogP contribution in [0.2, 0.25) is 0 Å². The first-order valence-electron chi connectivity index (χ1n) is 9.89. The molecule has 1 amide bonds. The van der Waals surface area contributed by atoms with Crippen LogP contribution in [0, 0.1) is 0 Å². The highest BCUT2D eigenvalue weighted by Crippen LogP contribution is 2.23. The van der Waals surface area contributed by atoms with Crippen molar-refractivity contribution in [3.05, 3.63) is 66.2 Å². The summed E-state index contributed by atoms with van der Waals surface area (Å²) in [5, 5.41) is 12.7. The molecule has 0 aliphatic carbocycles. The molecule has 3 aromatic heterocycles. The zero-order valence-electron chi connectivity index (χ0n) is 17.1. The van der Waals surface area contributed by atoms with Crippen LogP contribution in [0.3, 0.4) is 0 Å². The first-order valence-corrected chi connectivity index (χ1v) is 11.3. The number of ether oxygens (including phenoxy) is 1. The Bertz CT molecular complexity index is 1150. The number of fused-ring (bicyclic) bond motifs is 2. The number of aromatic nitrogens is 4. The van der Waals surface area contributed by atoms with E-state index >= 15 is 0 Å². The molecule has 0 bridgehead atoms. The Morgan fingerprint density at radius 2 is 2.07 bits per heavy atom. The van der Waals surface area contributed by atoms with E-state index in [1.165, 1.54) is 0 Å². The normalized spacial score (nSPS) is 12.5. The van der Waals surface area contributed by atoms with E-state index in [1.807, 2.05) is 59.3 Å². The Balaban J connectivity index is 1.64. The number of carbonyl (C=O) groups excluding carboxylic acids is 1. The average molecular weight is 424 g/mol. The summed E-state index contributed by atoms with van der Waals surface area (Å²) >= 11 is 1.75. The predicted octanol–water partition coefficient (Wildman–Crippen LogP) is 3.55. The maximum Gasteiger partial charge on any atom is 0.252 e. The summed E-state index contributed by atoms with van der Waals surface area (Å²) in [6.45, 7) is 1.37. The molecule has 30 heavy (non-hydrogen) atoms. The molecule has 3 heterocycles. The molecule has 0 saturated carbocycles. The van der Waals surface area contributed by atoms with Gasteiger partial charge in [0.25, 0.3) is 5.91 Å². The van der Waals surface area contributed by atoms with E-state index in [2.05, 4.69) is 26.3 Å². The van der Waals surface area contributed by atoms with Gasteiger partial charge in [-0.3, -0.25) is 9.20 Å². The molecule has 8 heteroatoms. The fraction of sp³-hybridized carbons (Fsp3) is 0.318. The van der Waals surface area contributed by atoms with Gasteiger partial charge in [-0.15, -0.1) is 10.2 Å². The molecule has 0 aliphatic heterocycles. The highest BCUT2D eigenvalue weighted by molar-refractivity contribution is 7.98. The number of amides is 1. The van der Waals surface area contributed by atoms with E-state index in [4.69, 9.17) is 4.74 Å². The van der Waals surface area contributed by atoms with Crippen LogP contribution in [0.5, 0.6) is 0 Å². The van der Waals surface area contributed by atoms with Crippen molar-refractivity contribution >= 4 is 34.2 Å². The zero-order chi connectivity index (χ0) is 20.9. The number of benzene rings is 1. The van der Waals surface area contributed by atoms with Crippen molar-refractivity contribution in [1.29, 1.82) is 0 Å². The monoisotopic (exact) mass is 423 g/mol. The van der Waals surface area contributed by atoms with Gasteiger partial charge < -0.3 is 14.6 Å². The third-order valence-electron chi connectivity index (χ3n) is 5.16. The summed E-state index contributed by atoms with van der Waals surface area (Å²) < 4.78 is 9.23. The largest absolute Gasteiger partial charge is 0.383 e. The van der Waals surface area contributed by atoms with Crippen molar-refractivity contribution in [1.82, 2.24) is 24.5 Å². The van der Waals surface area contributed by atoms with E-state index < -0.39 is 0 Å². The standard InChI is InChI=1S/C22H25N5O2S/c1-29-14-13-26-12-9-16-17(6-5-7-19(16)26)22(28)23-18(10-15-30-2)21-25-24-20-8-3-4-11-27(20)21/h3-9,11-12,18H,10,13-15H2,1-2H3,(H,23,28)/t18-/m0/s1. The van der Waals surface area contributed by atoms with Gasteiger partial charge in [-0.1, -0.05) is 12.1 Å². The van der Waals surface area contributed by atoms with Crippen molar-refractivity contribution in [3.63, 3.8) is 0 Å². The number of hydrogen-bond donors (Lipinski definition) is 1. The molecule has 0 spiro atoms. The number of methoxy groups -OCH3 is 1. The van der Waals surface area contributed by atoms with E-state index in [9.17, 15) is 4.79 Å². The average Bonchev–Trinajstić information content (AvgIpc) is 3.39. The molecule has 156 valence electrons. The highest BCUT2D eigenvalue weighted by Gasteiger charge is 2.22. The van der Waals surface area contributed by atoms with Crippen molar-refractivity contribution in [2.45, 2.75) is 19.0 Å². The van der Waals surface area contributed by atoms with Crippen LogP contribution in [0.4, 0.5) is 0 Å². The topological polar surface area (TPSA) is 73.4 Å². The number of carbonyl (C=O) groups is 1. The molecule has 4 rings (SSSR count). The second kappa shape index (κ2) is 9.32. The summed E-state index contributed by atoms with van der Waals surface area (Å²) in [6.07, 6.45) is 6.76. The molecular formula is C22H25N5O2S. The minimum Gasteiger partial charge on any atom is -0.383 e.